The van der Waals surface area contributed by atoms with E-state index in [0.717, 1.165) is 11.6 Å². The highest BCUT2D eigenvalue weighted by Gasteiger charge is 2.18. The Labute approximate surface area is 137 Å². The largest absolute Gasteiger partial charge is 0.451 e. The van der Waals surface area contributed by atoms with E-state index in [9.17, 15) is 19.7 Å². The molecular formula is C17H15NO6. The van der Waals surface area contributed by atoms with Crippen LogP contribution in [0.3, 0.4) is 0 Å². The zero-order valence-corrected chi connectivity index (χ0v) is 13.1. The fourth-order valence-corrected chi connectivity index (χ4v) is 1.90. The Kier molecular flexibility index (Phi) is 5.26. The second-order valence-corrected chi connectivity index (χ2v) is 5.08. The second-order valence-electron chi connectivity index (χ2n) is 5.08. The molecule has 0 saturated carbocycles. The number of esters is 1. The molecule has 1 heterocycles. The van der Waals surface area contributed by atoms with Gasteiger partial charge in [-0.25, -0.2) is 4.79 Å². The Morgan fingerprint density at radius 2 is 1.88 bits per heavy atom. The zero-order valence-electron chi connectivity index (χ0n) is 13.1. The number of ketones is 1. The number of rotatable bonds is 6. The number of ether oxygens (including phenoxy) is 1. The summed E-state index contributed by atoms with van der Waals surface area (Å²) >= 11 is 0. The van der Waals surface area contributed by atoms with E-state index in [1.807, 2.05) is 6.92 Å². The first-order chi connectivity index (χ1) is 11.4. The zero-order chi connectivity index (χ0) is 17.7. The van der Waals surface area contributed by atoms with Gasteiger partial charge in [-0.3, -0.25) is 14.9 Å². The Morgan fingerprint density at radius 3 is 2.46 bits per heavy atom. The van der Waals surface area contributed by atoms with Crippen molar-refractivity contribution in [3.63, 3.8) is 0 Å². The monoisotopic (exact) mass is 329 g/mol. The van der Waals surface area contributed by atoms with Crippen LogP contribution in [0.4, 0.5) is 5.88 Å². The van der Waals surface area contributed by atoms with Crippen molar-refractivity contribution in [3.05, 3.63) is 69.5 Å². The van der Waals surface area contributed by atoms with Crippen LogP contribution < -0.4 is 0 Å². The van der Waals surface area contributed by atoms with E-state index in [-0.39, 0.29) is 11.5 Å². The van der Waals surface area contributed by atoms with E-state index < -0.39 is 22.9 Å². The van der Waals surface area contributed by atoms with Crippen LogP contribution in [-0.4, -0.2) is 22.8 Å². The molecular weight excluding hydrogens is 314 g/mol. The van der Waals surface area contributed by atoms with E-state index in [0.29, 0.717) is 5.56 Å². The van der Waals surface area contributed by atoms with Crippen LogP contribution >= 0.6 is 0 Å². The molecule has 24 heavy (non-hydrogen) atoms. The van der Waals surface area contributed by atoms with E-state index in [4.69, 9.17) is 9.15 Å². The predicted octanol–water partition coefficient (Wildman–Crippen LogP) is 3.32. The first-order valence-electron chi connectivity index (χ1n) is 7.10. The molecule has 2 aromatic rings. The number of nitrogens with zero attached hydrogens (tertiary/aromatic N) is 1. The molecule has 0 aliphatic rings. The number of nitro groups is 1. The highest BCUT2D eigenvalue weighted by atomic mass is 16.6. The molecule has 1 atom stereocenters. The normalized spacial score (nSPS) is 12.1. The number of benzene rings is 1. The molecule has 0 saturated heterocycles. The summed E-state index contributed by atoms with van der Waals surface area (Å²) < 4.78 is 9.89. The average Bonchev–Trinajstić information content (AvgIpc) is 3.02. The third kappa shape index (κ3) is 4.39. The molecule has 0 unspecified atom stereocenters. The minimum absolute atomic E-state index is 0.135. The molecule has 0 N–H and O–H groups in total. The van der Waals surface area contributed by atoms with Gasteiger partial charge in [0.25, 0.3) is 0 Å². The number of carbonyl (C=O) groups is 2. The van der Waals surface area contributed by atoms with Gasteiger partial charge in [0.15, 0.2) is 6.10 Å². The summed E-state index contributed by atoms with van der Waals surface area (Å²) in [5.41, 5.74) is 1.47. The molecule has 7 nitrogen and oxygen atoms in total. The van der Waals surface area contributed by atoms with Gasteiger partial charge in [-0.05, 0) is 26.0 Å². The Morgan fingerprint density at radius 1 is 1.21 bits per heavy atom. The van der Waals surface area contributed by atoms with Crippen molar-refractivity contribution < 1.29 is 23.7 Å². The van der Waals surface area contributed by atoms with E-state index >= 15 is 0 Å². The predicted molar refractivity (Wildman–Crippen MR) is 85.5 cm³/mol. The van der Waals surface area contributed by atoms with Gasteiger partial charge in [-0.1, -0.05) is 29.8 Å². The van der Waals surface area contributed by atoms with Crippen molar-refractivity contribution in [1.29, 1.82) is 0 Å². The first-order valence-corrected chi connectivity index (χ1v) is 7.10. The molecule has 0 radical (unpaired) electrons. The average molecular weight is 329 g/mol. The van der Waals surface area contributed by atoms with Gasteiger partial charge in [-0.2, -0.15) is 0 Å². The number of hydrogen-bond acceptors (Lipinski definition) is 6. The number of Topliss-reactive ketones (excluding diaryl/α,β-unsaturated/α-hetero) is 1. The van der Waals surface area contributed by atoms with Crippen molar-refractivity contribution in [2.24, 2.45) is 0 Å². The van der Waals surface area contributed by atoms with Crippen molar-refractivity contribution in [3.8, 4) is 0 Å². The molecule has 7 heteroatoms. The van der Waals surface area contributed by atoms with Crippen molar-refractivity contribution >= 4 is 23.7 Å². The lowest BCUT2D eigenvalue weighted by molar-refractivity contribution is -0.402. The van der Waals surface area contributed by atoms with Gasteiger partial charge in [0, 0.05) is 11.6 Å². The van der Waals surface area contributed by atoms with Crippen LogP contribution in [0.25, 0.3) is 6.08 Å². The van der Waals surface area contributed by atoms with E-state index in [1.165, 1.54) is 25.1 Å². The molecule has 1 aromatic carbocycles. The van der Waals surface area contributed by atoms with Gasteiger partial charge in [0.05, 0.1) is 6.07 Å². The van der Waals surface area contributed by atoms with Gasteiger partial charge in [0.1, 0.15) is 10.7 Å². The maximum absolute atomic E-state index is 12.1. The van der Waals surface area contributed by atoms with Crippen LogP contribution in [0.1, 0.15) is 28.6 Å². The van der Waals surface area contributed by atoms with Crippen molar-refractivity contribution in [1.82, 2.24) is 0 Å². The lowest BCUT2D eigenvalue weighted by atomic mass is 10.1. The lowest BCUT2D eigenvalue weighted by Crippen LogP contribution is -2.23. The molecule has 0 aliphatic carbocycles. The minimum Gasteiger partial charge on any atom is -0.451 e. The number of carbonyl (C=O) groups excluding carboxylic acids is 2. The summed E-state index contributed by atoms with van der Waals surface area (Å²) in [6, 6.07) is 9.45. The Hall–Kier alpha value is -3.22. The third-order valence-corrected chi connectivity index (χ3v) is 3.17. The summed E-state index contributed by atoms with van der Waals surface area (Å²) in [5, 5.41) is 10.5. The molecule has 2 rings (SSSR count). The highest BCUT2D eigenvalue weighted by Crippen LogP contribution is 2.16. The molecule has 0 fully saturated rings. The van der Waals surface area contributed by atoms with Gasteiger partial charge >= 0.3 is 11.9 Å². The summed E-state index contributed by atoms with van der Waals surface area (Å²) in [5.74, 6) is -1.35. The van der Waals surface area contributed by atoms with Crippen LogP contribution in [-0.2, 0) is 9.53 Å². The second kappa shape index (κ2) is 7.36. The standard InChI is InChI=1S/C17H15NO6/c1-11-3-5-13(6-4-11)17(20)12(2)23-16(19)10-8-14-7-9-15(24-14)18(21)22/h3-10,12H,1-2H3/b10-8+/t12-/m1/s1. The molecule has 0 bridgehead atoms. The summed E-state index contributed by atoms with van der Waals surface area (Å²) in [6.45, 7) is 3.38. The van der Waals surface area contributed by atoms with Gasteiger partial charge in [-0.15, -0.1) is 0 Å². The van der Waals surface area contributed by atoms with Crippen LogP contribution in [0.5, 0.6) is 0 Å². The number of aryl methyl sites for hydroxylation is 1. The maximum atomic E-state index is 12.1. The molecule has 0 aliphatic heterocycles. The summed E-state index contributed by atoms with van der Waals surface area (Å²) in [7, 11) is 0. The minimum atomic E-state index is -0.948. The molecule has 0 spiro atoms. The highest BCUT2D eigenvalue weighted by molar-refractivity contribution is 6.01. The first kappa shape index (κ1) is 17.1. The SMILES string of the molecule is Cc1ccc(C(=O)[C@@H](C)OC(=O)/C=C/c2ccc([N+](=O)[O-])o2)cc1. The lowest BCUT2D eigenvalue weighted by Gasteiger charge is -2.10. The Bertz CT molecular complexity index is 788. The van der Waals surface area contributed by atoms with Crippen LogP contribution in [0, 0.1) is 17.0 Å². The third-order valence-electron chi connectivity index (χ3n) is 3.17. The Balaban J connectivity index is 1.95. The number of furan rings is 1. The maximum Gasteiger partial charge on any atom is 0.433 e. The molecule has 124 valence electrons. The molecule has 1 aromatic heterocycles. The smallest absolute Gasteiger partial charge is 0.433 e. The van der Waals surface area contributed by atoms with Gasteiger partial charge < -0.3 is 9.15 Å². The summed E-state index contributed by atoms with van der Waals surface area (Å²) in [6.07, 6.45) is 1.33. The van der Waals surface area contributed by atoms with E-state index in [2.05, 4.69) is 0 Å². The quantitative estimate of drug-likeness (QED) is 0.265. The molecule has 0 amide bonds. The van der Waals surface area contributed by atoms with Crippen LogP contribution in [0.15, 0.2) is 46.9 Å². The van der Waals surface area contributed by atoms with Crippen molar-refractivity contribution in [2.75, 3.05) is 0 Å². The summed E-state index contributed by atoms with van der Waals surface area (Å²) in [4.78, 5) is 33.7. The number of hydrogen-bond donors (Lipinski definition) is 0. The van der Waals surface area contributed by atoms with Gasteiger partial charge in [0.2, 0.25) is 5.78 Å². The van der Waals surface area contributed by atoms with E-state index in [1.54, 1.807) is 24.3 Å². The fourth-order valence-electron chi connectivity index (χ4n) is 1.90. The topological polar surface area (TPSA) is 99.7 Å². The van der Waals surface area contributed by atoms with Crippen LogP contribution in [0.2, 0.25) is 0 Å². The van der Waals surface area contributed by atoms with Crippen molar-refractivity contribution in [2.45, 2.75) is 20.0 Å². The fraction of sp³-hybridized carbons (Fsp3) is 0.176.